The number of benzene rings is 1. The van der Waals surface area contributed by atoms with Gasteiger partial charge in [-0.3, -0.25) is 13.9 Å². The van der Waals surface area contributed by atoms with E-state index in [1.54, 1.807) is 18.3 Å². The maximum atomic E-state index is 12.1. The lowest BCUT2D eigenvalue weighted by atomic mass is 10.2. The molecular formula is C13H12ClIN2O2. The van der Waals surface area contributed by atoms with Gasteiger partial charge in [-0.1, -0.05) is 23.7 Å². The zero-order valence-electron chi connectivity index (χ0n) is 10.3. The molecule has 100 valence electrons. The SMILES string of the molecule is CCn1cc(I)c(=O)n(Cc2ccc(Cl)cc2)c1=O. The maximum Gasteiger partial charge on any atom is 0.331 e. The number of halogens is 2. The molecule has 0 saturated heterocycles. The fraction of sp³-hybridized carbons (Fsp3) is 0.231. The van der Waals surface area contributed by atoms with E-state index in [1.807, 2.05) is 41.6 Å². The fourth-order valence-electron chi connectivity index (χ4n) is 1.76. The normalized spacial score (nSPS) is 10.7. The second kappa shape index (κ2) is 5.92. The highest BCUT2D eigenvalue weighted by Gasteiger charge is 2.09. The Morgan fingerprint density at radius 3 is 2.42 bits per heavy atom. The molecule has 0 aliphatic carbocycles. The summed E-state index contributed by atoms with van der Waals surface area (Å²) in [6, 6.07) is 7.11. The standard InChI is InChI=1S/C13H12ClIN2O2/c1-2-16-8-11(15)12(18)17(13(16)19)7-9-3-5-10(14)6-4-9/h3-6,8H,2,7H2,1H3. The second-order valence-electron chi connectivity index (χ2n) is 4.06. The third kappa shape index (κ3) is 3.09. The Hall–Kier alpha value is -1.08. The van der Waals surface area contributed by atoms with Crippen LogP contribution in [0.3, 0.4) is 0 Å². The molecule has 0 saturated carbocycles. The Morgan fingerprint density at radius 2 is 1.84 bits per heavy atom. The first-order valence-corrected chi connectivity index (χ1v) is 7.23. The van der Waals surface area contributed by atoms with Gasteiger partial charge in [0.05, 0.1) is 10.1 Å². The Labute approximate surface area is 128 Å². The van der Waals surface area contributed by atoms with Gasteiger partial charge in [-0.05, 0) is 47.2 Å². The Kier molecular flexibility index (Phi) is 4.46. The van der Waals surface area contributed by atoms with Gasteiger partial charge in [0.1, 0.15) is 0 Å². The van der Waals surface area contributed by atoms with Crippen molar-refractivity contribution in [3.63, 3.8) is 0 Å². The van der Waals surface area contributed by atoms with Crippen molar-refractivity contribution in [1.29, 1.82) is 0 Å². The monoisotopic (exact) mass is 390 g/mol. The Morgan fingerprint density at radius 1 is 1.21 bits per heavy atom. The summed E-state index contributed by atoms with van der Waals surface area (Å²) in [7, 11) is 0. The molecule has 0 spiro atoms. The van der Waals surface area contributed by atoms with Gasteiger partial charge >= 0.3 is 5.69 Å². The van der Waals surface area contributed by atoms with Crippen molar-refractivity contribution in [2.24, 2.45) is 0 Å². The number of aryl methyl sites for hydroxylation is 1. The van der Waals surface area contributed by atoms with E-state index in [0.29, 0.717) is 15.1 Å². The first kappa shape index (κ1) is 14.3. The van der Waals surface area contributed by atoms with Gasteiger partial charge in [0.2, 0.25) is 0 Å². The molecule has 0 aliphatic rings. The maximum absolute atomic E-state index is 12.1. The van der Waals surface area contributed by atoms with E-state index in [9.17, 15) is 9.59 Å². The van der Waals surface area contributed by atoms with Crippen molar-refractivity contribution in [3.8, 4) is 0 Å². The molecule has 1 aromatic heterocycles. The molecule has 0 atom stereocenters. The van der Waals surface area contributed by atoms with Gasteiger partial charge in [-0.2, -0.15) is 0 Å². The molecule has 0 unspecified atom stereocenters. The van der Waals surface area contributed by atoms with E-state index < -0.39 is 0 Å². The molecule has 1 heterocycles. The minimum Gasteiger partial charge on any atom is -0.300 e. The largest absolute Gasteiger partial charge is 0.331 e. The first-order chi connectivity index (χ1) is 9.02. The van der Waals surface area contributed by atoms with Gasteiger partial charge in [0, 0.05) is 17.8 Å². The molecule has 0 fully saturated rings. The van der Waals surface area contributed by atoms with Crippen LogP contribution in [0, 0.1) is 3.57 Å². The lowest BCUT2D eigenvalue weighted by molar-refractivity contribution is 0.595. The van der Waals surface area contributed by atoms with Crippen LogP contribution in [0.15, 0.2) is 40.1 Å². The van der Waals surface area contributed by atoms with E-state index in [1.165, 1.54) is 9.13 Å². The number of hydrogen-bond donors (Lipinski definition) is 0. The molecule has 0 radical (unpaired) electrons. The van der Waals surface area contributed by atoms with E-state index in [-0.39, 0.29) is 17.8 Å². The number of rotatable bonds is 3. The van der Waals surface area contributed by atoms with Crippen LogP contribution in [0.5, 0.6) is 0 Å². The van der Waals surface area contributed by atoms with Crippen LogP contribution in [0.25, 0.3) is 0 Å². The zero-order chi connectivity index (χ0) is 14.0. The van der Waals surface area contributed by atoms with Gasteiger partial charge < -0.3 is 0 Å². The van der Waals surface area contributed by atoms with Gasteiger partial charge in [-0.25, -0.2) is 4.79 Å². The van der Waals surface area contributed by atoms with E-state index in [2.05, 4.69) is 0 Å². The molecule has 19 heavy (non-hydrogen) atoms. The third-order valence-electron chi connectivity index (χ3n) is 2.79. The minimum atomic E-state index is -0.289. The Bertz CT molecular complexity index is 704. The molecule has 0 amide bonds. The third-order valence-corrected chi connectivity index (χ3v) is 3.78. The van der Waals surface area contributed by atoms with Gasteiger partial charge in [0.15, 0.2) is 0 Å². The van der Waals surface area contributed by atoms with Crippen LogP contribution >= 0.6 is 34.2 Å². The van der Waals surface area contributed by atoms with Crippen LogP contribution in [-0.2, 0) is 13.1 Å². The molecule has 0 bridgehead atoms. The fourth-order valence-corrected chi connectivity index (χ4v) is 2.51. The highest BCUT2D eigenvalue weighted by atomic mass is 127. The topological polar surface area (TPSA) is 44.0 Å². The van der Waals surface area contributed by atoms with Crippen molar-refractivity contribution >= 4 is 34.2 Å². The number of aromatic nitrogens is 2. The average molecular weight is 391 g/mol. The summed E-state index contributed by atoms with van der Waals surface area (Å²) in [6.45, 7) is 2.66. The van der Waals surface area contributed by atoms with Crippen LogP contribution in [0.1, 0.15) is 12.5 Å². The summed E-state index contributed by atoms with van der Waals surface area (Å²) < 4.78 is 3.31. The van der Waals surface area contributed by atoms with Crippen LogP contribution in [0.2, 0.25) is 5.02 Å². The molecule has 2 rings (SSSR count). The Balaban J connectivity index is 2.50. The van der Waals surface area contributed by atoms with E-state index in [4.69, 9.17) is 11.6 Å². The highest BCUT2D eigenvalue weighted by molar-refractivity contribution is 14.1. The second-order valence-corrected chi connectivity index (χ2v) is 5.66. The summed E-state index contributed by atoms with van der Waals surface area (Å²) in [6.07, 6.45) is 1.59. The molecule has 0 N–H and O–H groups in total. The van der Waals surface area contributed by atoms with Gasteiger partial charge in [-0.15, -0.1) is 0 Å². The smallest absolute Gasteiger partial charge is 0.300 e. The summed E-state index contributed by atoms with van der Waals surface area (Å²) in [5.41, 5.74) is 0.321. The molecule has 4 nitrogen and oxygen atoms in total. The van der Waals surface area contributed by atoms with E-state index in [0.717, 1.165) is 5.56 Å². The van der Waals surface area contributed by atoms with Crippen molar-refractivity contribution in [2.45, 2.75) is 20.0 Å². The summed E-state index contributed by atoms with van der Waals surface area (Å²) >= 11 is 7.76. The molecule has 6 heteroatoms. The average Bonchev–Trinajstić information content (AvgIpc) is 2.41. The number of nitrogens with zero attached hydrogens (tertiary/aromatic N) is 2. The van der Waals surface area contributed by atoms with Crippen LogP contribution in [-0.4, -0.2) is 9.13 Å². The van der Waals surface area contributed by atoms with Crippen molar-refractivity contribution < 1.29 is 0 Å². The molecular weight excluding hydrogens is 379 g/mol. The molecule has 2 aromatic rings. The van der Waals surface area contributed by atoms with Crippen molar-refractivity contribution in [2.75, 3.05) is 0 Å². The lowest BCUT2D eigenvalue weighted by Gasteiger charge is -2.09. The quantitative estimate of drug-likeness (QED) is 0.755. The predicted molar refractivity (Wildman–Crippen MR) is 83.9 cm³/mol. The molecule has 0 aliphatic heterocycles. The summed E-state index contributed by atoms with van der Waals surface area (Å²) in [4.78, 5) is 24.2. The minimum absolute atomic E-state index is 0.256. The van der Waals surface area contributed by atoms with Crippen molar-refractivity contribution in [3.05, 3.63) is 65.5 Å². The van der Waals surface area contributed by atoms with Crippen LogP contribution < -0.4 is 11.2 Å². The van der Waals surface area contributed by atoms with Gasteiger partial charge in [0.25, 0.3) is 5.56 Å². The van der Waals surface area contributed by atoms with E-state index >= 15 is 0 Å². The predicted octanol–water partition coefficient (Wildman–Crippen LogP) is 2.34. The summed E-state index contributed by atoms with van der Waals surface area (Å²) in [5.74, 6) is 0. The van der Waals surface area contributed by atoms with Crippen LogP contribution in [0.4, 0.5) is 0 Å². The first-order valence-electron chi connectivity index (χ1n) is 5.77. The zero-order valence-corrected chi connectivity index (χ0v) is 13.2. The molecule has 1 aromatic carbocycles. The lowest BCUT2D eigenvalue weighted by Crippen LogP contribution is -2.40. The number of hydrogen-bond acceptors (Lipinski definition) is 2. The van der Waals surface area contributed by atoms with Crippen molar-refractivity contribution in [1.82, 2.24) is 9.13 Å². The highest BCUT2D eigenvalue weighted by Crippen LogP contribution is 2.09. The summed E-state index contributed by atoms with van der Waals surface area (Å²) in [5, 5.41) is 0.629.